The molecule has 0 aliphatic rings. The van der Waals surface area contributed by atoms with E-state index >= 15 is 0 Å². The summed E-state index contributed by atoms with van der Waals surface area (Å²) in [6.07, 6.45) is 0. The Kier molecular flexibility index (Phi) is 7.85. The smallest absolute Gasteiger partial charge is 0.185 e. The second-order valence-electron chi connectivity index (χ2n) is 2.15. The molecule has 10 heavy (non-hydrogen) atoms. The normalized spacial score (nSPS) is 10.8. The van der Waals surface area contributed by atoms with Crippen LogP contribution in [0.1, 0.15) is 13.8 Å². The monoisotopic (exact) mass is 180 g/mol. The predicted octanol–water partition coefficient (Wildman–Crippen LogP) is 0.665. The summed E-state index contributed by atoms with van der Waals surface area (Å²) < 4.78 is 0. The van der Waals surface area contributed by atoms with Crippen molar-refractivity contribution >= 4 is 20.7 Å². The average molecular weight is 181 g/mol. The van der Waals surface area contributed by atoms with Crippen molar-refractivity contribution in [2.45, 2.75) is 19.9 Å². The van der Waals surface area contributed by atoms with Gasteiger partial charge in [0.15, 0.2) is 9.12 Å². The van der Waals surface area contributed by atoms with Crippen LogP contribution in [-0.2, 0) is 0 Å². The van der Waals surface area contributed by atoms with E-state index in [2.05, 4.69) is 23.8 Å². The van der Waals surface area contributed by atoms with E-state index in [1.165, 1.54) is 0 Å². The van der Waals surface area contributed by atoms with E-state index in [1.54, 1.807) is 0 Å². The van der Waals surface area contributed by atoms with Crippen molar-refractivity contribution < 1.29 is 0 Å². The van der Waals surface area contributed by atoms with Crippen molar-refractivity contribution in [3.05, 3.63) is 0 Å². The number of halogens is 1. The molecular formula is C6H17ClN2Si. The van der Waals surface area contributed by atoms with Crippen LogP contribution in [0.25, 0.3) is 0 Å². The fourth-order valence-electron chi connectivity index (χ4n) is 0.878. The molecule has 0 rings (SSSR count). The van der Waals surface area contributed by atoms with Crippen LogP contribution in [0.4, 0.5) is 0 Å². The number of rotatable bonds is 6. The Labute approximate surface area is 70.1 Å². The van der Waals surface area contributed by atoms with Gasteiger partial charge in [0.1, 0.15) is 0 Å². The van der Waals surface area contributed by atoms with Crippen molar-refractivity contribution in [3.8, 4) is 0 Å². The van der Waals surface area contributed by atoms with Crippen molar-refractivity contribution in [1.82, 2.24) is 9.96 Å². The van der Waals surface area contributed by atoms with E-state index in [4.69, 9.17) is 11.6 Å². The van der Waals surface area contributed by atoms with Gasteiger partial charge in [-0.1, -0.05) is 13.8 Å². The van der Waals surface area contributed by atoms with Crippen LogP contribution in [-0.4, -0.2) is 28.1 Å². The molecule has 2 nitrogen and oxygen atoms in total. The molecule has 0 saturated heterocycles. The van der Waals surface area contributed by atoms with Crippen LogP contribution in [0.2, 0.25) is 6.04 Å². The Morgan fingerprint density at radius 2 is 1.70 bits per heavy atom. The summed E-state index contributed by atoms with van der Waals surface area (Å²) >= 11 is 5.62. The van der Waals surface area contributed by atoms with Crippen molar-refractivity contribution in [3.63, 3.8) is 0 Å². The van der Waals surface area contributed by atoms with Gasteiger partial charge in [-0.25, -0.2) is 0 Å². The quantitative estimate of drug-likeness (QED) is 0.464. The van der Waals surface area contributed by atoms with E-state index in [0.717, 1.165) is 25.0 Å². The molecular weight excluding hydrogens is 164 g/mol. The van der Waals surface area contributed by atoms with Crippen LogP contribution < -0.4 is 9.96 Å². The minimum Gasteiger partial charge on any atom is -0.328 e. The summed E-state index contributed by atoms with van der Waals surface area (Å²) in [4.78, 5) is 6.86. The summed E-state index contributed by atoms with van der Waals surface area (Å²) in [5.74, 6) is 0.775. The lowest BCUT2D eigenvalue weighted by molar-refractivity contribution is 0.883. The van der Waals surface area contributed by atoms with Gasteiger partial charge in [0.2, 0.25) is 0 Å². The molecule has 0 aromatic rings. The van der Waals surface area contributed by atoms with Gasteiger partial charge in [-0.05, 0) is 19.1 Å². The van der Waals surface area contributed by atoms with E-state index in [-0.39, 0.29) is 0 Å². The Morgan fingerprint density at radius 1 is 1.20 bits per heavy atom. The fraction of sp³-hybridized carbons (Fsp3) is 1.00. The third-order valence-electron chi connectivity index (χ3n) is 1.30. The maximum Gasteiger partial charge on any atom is 0.185 e. The molecule has 0 bridgehead atoms. The van der Waals surface area contributed by atoms with Gasteiger partial charge in [0.05, 0.1) is 0 Å². The van der Waals surface area contributed by atoms with Crippen molar-refractivity contribution in [2.24, 2.45) is 0 Å². The highest BCUT2D eigenvalue weighted by Gasteiger charge is 2.05. The zero-order valence-corrected chi connectivity index (χ0v) is 8.69. The highest BCUT2D eigenvalue weighted by Crippen LogP contribution is 1.87. The highest BCUT2D eigenvalue weighted by molar-refractivity contribution is 6.54. The maximum absolute atomic E-state index is 5.62. The molecule has 0 fully saturated rings. The molecule has 0 saturated carbocycles. The van der Waals surface area contributed by atoms with Crippen LogP contribution in [0.5, 0.6) is 0 Å². The Balaban J connectivity index is 3.30. The van der Waals surface area contributed by atoms with E-state index in [9.17, 15) is 0 Å². The summed E-state index contributed by atoms with van der Waals surface area (Å²) in [6.45, 7) is 6.37. The molecule has 0 aromatic heterocycles. The first-order valence-electron chi connectivity index (χ1n) is 3.87. The lowest BCUT2D eigenvalue weighted by atomic mass is 10.8. The molecule has 0 radical (unpaired) electrons. The maximum atomic E-state index is 5.62. The average Bonchev–Trinajstić information content (AvgIpc) is 1.90. The summed E-state index contributed by atoms with van der Waals surface area (Å²) in [6, 6.07) is 1.13. The zero-order valence-electron chi connectivity index (χ0n) is 6.78. The Morgan fingerprint density at radius 3 is 2.00 bits per heavy atom. The zero-order chi connectivity index (χ0) is 7.82. The Bertz CT molecular complexity index is 58.5. The number of alkyl halides is 1. The van der Waals surface area contributed by atoms with E-state index in [0.29, 0.717) is 0 Å². The van der Waals surface area contributed by atoms with E-state index in [1.807, 2.05) is 0 Å². The molecule has 0 amide bonds. The van der Waals surface area contributed by atoms with Gasteiger partial charge >= 0.3 is 0 Å². The molecule has 0 aliphatic carbocycles. The van der Waals surface area contributed by atoms with Gasteiger partial charge < -0.3 is 9.96 Å². The lowest BCUT2D eigenvalue weighted by Gasteiger charge is -2.14. The summed E-state index contributed by atoms with van der Waals surface area (Å²) in [5.41, 5.74) is 0. The van der Waals surface area contributed by atoms with Crippen LogP contribution in [0.3, 0.4) is 0 Å². The van der Waals surface area contributed by atoms with Gasteiger partial charge in [-0.15, -0.1) is 11.6 Å². The van der Waals surface area contributed by atoms with Crippen LogP contribution >= 0.6 is 11.6 Å². The molecule has 0 spiro atoms. The molecule has 4 heteroatoms. The topological polar surface area (TPSA) is 24.1 Å². The van der Waals surface area contributed by atoms with Gasteiger partial charge in [-0.2, -0.15) is 0 Å². The fourth-order valence-corrected chi connectivity index (χ4v) is 3.29. The van der Waals surface area contributed by atoms with Gasteiger partial charge in [0, 0.05) is 5.88 Å². The molecule has 0 aliphatic heterocycles. The lowest BCUT2D eigenvalue weighted by Crippen LogP contribution is -2.47. The molecule has 0 atom stereocenters. The van der Waals surface area contributed by atoms with Gasteiger partial charge in [-0.3, -0.25) is 0 Å². The Hall–Kier alpha value is 0.427. The second-order valence-corrected chi connectivity index (χ2v) is 5.02. The third kappa shape index (κ3) is 5.23. The van der Waals surface area contributed by atoms with E-state index < -0.39 is 9.12 Å². The minimum absolute atomic E-state index is 0.775. The number of hydrogen-bond acceptors (Lipinski definition) is 2. The largest absolute Gasteiger partial charge is 0.328 e. The minimum atomic E-state index is -0.866. The number of hydrogen-bond donors (Lipinski definition) is 2. The first kappa shape index (κ1) is 10.4. The van der Waals surface area contributed by atoms with Gasteiger partial charge in [0.25, 0.3) is 0 Å². The predicted molar refractivity (Wildman–Crippen MR) is 50.0 cm³/mol. The highest BCUT2D eigenvalue weighted by atomic mass is 35.5. The van der Waals surface area contributed by atoms with Crippen LogP contribution in [0.15, 0.2) is 0 Å². The summed E-state index contributed by atoms with van der Waals surface area (Å²) in [5, 5.41) is 0. The standard InChI is InChI=1S/C6H17ClN2Si/c1-3-8-10(6-5-7)9-4-2/h8-10H,3-6H2,1-2H3. The molecule has 0 heterocycles. The third-order valence-corrected chi connectivity index (χ3v) is 4.55. The molecule has 62 valence electrons. The van der Waals surface area contributed by atoms with Crippen molar-refractivity contribution in [2.75, 3.05) is 19.0 Å². The molecule has 0 aromatic carbocycles. The molecule has 2 N–H and O–H groups in total. The second kappa shape index (κ2) is 7.53. The molecule has 0 unspecified atom stereocenters. The first-order valence-corrected chi connectivity index (χ1v) is 6.38. The number of nitrogens with one attached hydrogen (secondary N) is 2. The summed E-state index contributed by atoms with van der Waals surface area (Å²) in [7, 11) is -0.866. The van der Waals surface area contributed by atoms with Crippen LogP contribution in [0, 0.1) is 0 Å². The SMILES string of the molecule is CCN[SiH](CCCl)NCC. The van der Waals surface area contributed by atoms with Crippen molar-refractivity contribution in [1.29, 1.82) is 0 Å². The first-order chi connectivity index (χ1) is 4.85.